The smallest absolute Gasteiger partial charge is 0.104 e. The first kappa shape index (κ1) is 21.6. The molecule has 4 unspecified atom stereocenters. The fraction of sp³-hybridized carbons (Fsp3) is 1.00. The topological polar surface area (TPSA) is 124 Å². The van der Waals surface area contributed by atoms with E-state index in [0.29, 0.717) is 10.7 Å². The lowest BCUT2D eigenvalue weighted by Crippen LogP contribution is -2.50. The van der Waals surface area contributed by atoms with Crippen molar-refractivity contribution in [1.82, 2.24) is 10.7 Å². The second kappa shape index (κ2) is 12.1. The summed E-state index contributed by atoms with van der Waals surface area (Å²) in [5.41, 5.74) is 0. The summed E-state index contributed by atoms with van der Waals surface area (Å²) in [6, 6.07) is 0. The molecule has 0 aliphatic carbocycles. The van der Waals surface area contributed by atoms with Crippen LogP contribution >= 0.6 is 0 Å². The van der Waals surface area contributed by atoms with Crippen LogP contribution in [0.4, 0.5) is 0 Å². The molecule has 10 nitrogen and oxygen atoms in total. The Balaban J connectivity index is 5.02. The minimum atomic E-state index is -0.658. The van der Waals surface area contributed by atoms with Gasteiger partial charge in [0.25, 0.3) is 0 Å². The third kappa shape index (κ3) is 8.90. The van der Waals surface area contributed by atoms with Crippen molar-refractivity contribution in [2.45, 2.75) is 52.1 Å². The summed E-state index contributed by atoms with van der Waals surface area (Å²) in [4.78, 5) is 21.2. The summed E-state index contributed by atoms with van der Waals surface area (Å²) in [6.07, 6.45) is -2.63. The molecule has 22 heavy (non-hydrogen) atoms. The molecule has 0 bridgehead atoms. The zero-order valence-corrected chi connectivity index (χ0v) is 13.5. The van der Waals surface area contributed by atoms with Gasteiger partial charge in [0, 0.05) is 0 Å². The molecule has 10 heteroatoms. The van der Waals surface area contributed by atoms with Gasteiger partial charge in [-0.25, -0.2) is 0 Å². The third-order valence-corrected chi connectivity index (χ3v) is 2.24. The molecule has 0 saturated heterocycles. The molecule has 0 saturated carbocycles. The van der Waals surface area contributed by atoms with Crippen LogP contribution in [-0.4, -0.2) is 81.9 Å². The molecule has 134 valence electrons. The first-order chi connectivity index (χ1) is 10.4. The highest BCUT2D eigenvalue weighted by Gasteiger charge is 2.28. The predicted molar refractivity (Wildman–Crippen MR) is 74.2 cm³/mol. The Morgan fingerprint density at radius 3 is 0.864 bits per heavy atom. The fourth-order valence-corrected chi connectivity index (χ4v) is 0.953. The molecule has 0 radical (unpaired) electrons. The van der Waals surface area contributed by atoms with Crippen molar-refractivity contribution in [2.24, 2.45) is 0 Å². The SMILES string of the molecule is CC(CO)ON(OC(C)CO)N(OC(C)CO)OC(C)CO. The third-order valence-electron chi connectivity index (χ3n) is 2.24. The number of hydrazine groups is 1. The van der Waals surface area contributed by atoms with E-state index in [1.165, 1.54) is 0 Å². The van der Waals surface area contributed by atoms with Crippen LogP contribution in [0.5, 0.6) is 0 Å². The maximum absolute atomic E-state index is 9.08. The van der Waals surface area contributed by atoms with Gasteiger partial charge < -0.3 is 20.4 Å². The molecule has 0 aromatic rings. The van der Waals surface area contributed by atoms with E-state index in [-0.39, 0.29) is 26.4 Å². The molecule has 0 aliphatic rings. The Kier molecular flexibility index (Phi) is 11.9. The predicted octanol–water partition coefficient (Wildman–Crippen LogP) is -1.24. The average molecular weight is 328 g/mol. The van der Waals surface area contributed by atoms with Crippen LogP contribution < -0.4 is 0 Å². The highest BCUT2D eigenvalue weighted by atomic mass is 17.2. The van der Waals surface area contributed by atoms with Crippen molar-refractivity contribution in [1.29, 1.82) is 0 Å². The molecule has 0 spiro atoms. The Morgan fingerprint density at radius 1 is 0.545 bits per heavy atom. The fourth-order valence-electron chi connectivity index (χ4n) is 0.953. The van der Waals surface area contributed by atoms with E-state index in [1.807, 2.05) is 0 Å². The number of aliphatic hydroxyl groups excluding tert-OH is 4. The Labute approximate surface area is 130 Å². The lowest BCUT2D eigenvalue weighted by molar-refractivity contribution is -0.639. The lowest BCUT2D eigenvalue weighted by atomic mass is 10.4. The van der Waals surface area contributed by atoms with Crippen LogP contribution in [0.25, 0.3) is 0 Å². The highest BCUT2D eigenvalue weighted by Crippen LogP contribution is 2.12. The van der Waals surface area contributed by atoms with Gasteiger partial charge in [-0.15, -0.1) is 0 Å². The van der Waals surface area contributed by atoms with Gasteiger partial charge in [-0.1, -0.05) is 0 Å². The Bertz CT molecular complexity index is 224. The number of hydrogen-bond donors (Lipinski definition) is 4. The molecular weight excluding hydrogens is 300 g/mol. The standard InChI is InChI=1S/C12H28N2O8/c1-9(5-15)19-13(20-10(2)6-16)14(21-11(3)7-17)22-12(4)8-18/h9-12,15-18H,5-8H2,1-4H3. The van der Waals surface area contributed by atoms with Crippen molar-refractivity contribution in [3.8, 4) is 0 Å². The van der Waals surface area contributed by atoms with E-state index < -0.39 is 24.4 Å². The van der Waals surface area contributed by atoms with Crippen molar-refractivity contribution in [3.63, 3.8) is 0 Å². The molecule has 0 fully saturated rings. The normalized spacial score (nSPS) is 17.7. The van der Waals surface area contributed by atoms with Crippen LogP contribution in [0, 0.1) is 0 Å². The van der Waals surface area contributed by atoms with Gasteiger partial charge in [0.15, 0.2) is 0 Å². The zero-order valence-electron chi connectivity index (χ0n) is 13.5. The minimum absolute atomic E-state index is 0.299. The summed E-state index contributed by atoms with van der Waals surface area (Å²) < 4.78 is 0. The van der Waals surface area contributed by atoms with Crippen LogP contribution in [0.15, 0.2) is 0 Å². The van der Waals surface area contributed by atoms with Crippen molar-refractivity contribution < 1.29 is 39.8 Å². The summed E-state index contributed by atoms with van der Waals surface area (Å²) in [6.45, 7) is 5.09. The molecule has 0 rings (SSSR count). The van der Waals surface area contributed by atoms with Gasteiger partial charge in [0.2, 0.25) is 0 Å². The lowest BCUT2D eigenvalue weighted by Gasteiger charge is -2.34. The highest BCUT2D eigenvalue weighted by molar-refractivity contribution is 4.45. The monoisotopic (exact) mass is 328 g/mol. The maximum atomic E-state index is 9.08. The van der Waals surface area contributed by atoms with Crippen molar-refractivity contribution in [2.75, 3.05) is 26.4 Å². The summed E-state index contributed by atoms with van der Waals surface area (Å²) in [5, 5.41) is 37.7. The van der Waals surface area contributed by atoms with E-state index in [1.54, 1.807) is 27.7 Å². The molecule has 4 atom stereocenters. The summed E-state index contributed by atoms with van der Waals surface area (Å²) in [7, 11) is 0. The van der Waals surface area contributed by atoms with E-state index >= 15 is 0 Å². The van der Waals surface area contributed by atoms with Crippen molar-refractivity contribution >= 4 is 0 Å². The largest absolute Gasteiger partial charge is 0.394 e. The van der Waals surface area contributed by atoms with E-state index in [4.69, 9.17) is 39.8 Å². The molecule has 0 aromatic heterocycles. The van der Waals surface area contributed by atoms with E-state index in [2.05, 4.69) is 0 Å². The van der Waals surface area contributed by atoms with Gasteiger partial charge in [0.05, 0.1) is 37.1 Å². The minimum Gasteiger partial charge on any atom is -0.394 e. The van der Waals surface area contributed by atoms with Gasteiger partial charge in [-0.3, -0.25) is 19.4 Å². The average Bonchev–Trinajstić information content (AvgIpc) is 2.52. The second-order valence-corrected chi connectivity index (χ2v) is 4.87. The molecule has 0 aliphatic heterocycles. The van der Waals surface area contributed by atoms with Gasteiger partial charge in [-0.2, -0.15) is 0 Å². The summed E-state index contributed by atoms with van der Waals surface area (Å²) in [5.74, 6) is 0. The first-order valence-corrected chi connectivity index (χ1v) is 7.08. The maximum Gasteiger partial charge on any atom is 0.104 e. The van der Waals surface area contributed by atoms with Crippen LogP contribution in [0.1, 0.15) is 27.7 Å². The molecular formula is C12H28N2O8. The van der Waals surface area contributed by atoms with Crippen molar-refractivity contribution in [3.05, 3.63) is 0 Å². The molecule has 0 amide bonds. The van der Waals surface area contributed by atoms with Crippen LogP contribution in [0.3, 0.4) is 0 Å². The van der Waals surface area contributed by atoms with Gasteiger partial charge in [0.1, 0.15) is 24.4 Å². The Hall–Kier alpha value is -0.400. The summed E-state index contributed by atoms with van der Waals surface area (Å²) >= 11 is 0. The number of hydrogen-bond acceptors (Lipinski definition) is 10. The van der Waals surface area contributed by atoms with Gasteiger partial charge in [-0.05, 0) is 27.7 Å². The zero-order chi connectivity index (χ0) is 17.1. The van der Waals surface area contributed by atoms with Crippen LogP contribution in [0.2, 0.25) is 0 Å². The quantitative estimate of drug-likeness (QED) is 0.305. The molecule has 0 heterocycles. The van der Waals surface area contributed by atoms with E-state index in [9.17, 15) is 0 Å². The Morgan fingerprint density at radius 2 is 0.727 bits per heavy atom. The van der Waals surface area contributed by atoms with E-state index in [0.717, 1.165) is 0 Å². The number of aliphatic hydroxyl groups is 4. The second-order valence-electron chi connectivity index (χ2n) is 4.87. The van der Waals surface area contributed by atoms with Crippen LogP contribution in [-0.2, 0) is 19.4 Å². The number of rotatable bonds is 13. The number of nitrogens with zero attached hydrogens (tertiary/aromatic N) is 2. The molecule has 0 aromatic carbocycles. The molecule has 4 N–H and O–H groups in total. The first-order valence-electron chi connectivity index (χ1n) is 7.08. The van der Waals surface area contributed by atoms with Gasteiger partial charge >= 0.3 is 0 Å².